The van der Waals surface area contributed by atoms with Crippen molar-refractivity contribution in [2.75, 3.05) is 19.7 Å². The molecule has 0 unspecified atom stereocenters. The second-order valence-electron chi connectivity index (χ2n) is 4.03. The lowest BCUT2D eigenvalue weighted by molar-refractivity contribution is 0.348. The SMILES string of the molecule is C=C(CNCCC)COc1cccc(C)c1. The molecule has 0 aliphatic carbocycles. The average Bonchev–Trinajstić information content (AvgIpc) is 2.27. The molecule has 2 nitrogen and oxygen atoms in total. The fourth-order valence-electron chi connectivity index (χ4n) is 1.38. The molecule has 0 bridgehead atoms. The van der Waals surface area contributed by atoms with Gasteiger partial charge in [-0.3, -0.25) is 0 Å². The van der Waals surface area contributed by atoms with E-state index in [2.05, 4.69) is 31.8 Å². The molecule has 16 heavy (non-hydrogen) atoms. The zero-order chi connectivity index (χ0) is 11.8. The fourth-order valence-corrected chi connectivity index (χ4v) is 1.38. The topological polar surface area (TPSA) is 21.3 Å². The number of nitrogens with one attached hydrogen (secondary N) is 1. The van der Waals surface area contributed by atoms with Gasteiger partial charge in [0.1, 0.15) is 12.4 Å². The van der Waals surface area contributed by atoms with Crippen LogP contribution in [0.3, 0.4) is 0 Å². The molecule has 0 aliphatic rings. The summed E-state index contributed by atoms with van der Waals surface area (Å²) in [5.41, 5.74) is 2.29. The van der Waals surface area contributed by atoms with Gasteiger partial charge in [0.2, 0.25) is 0 Å². The minimum Gasteiger partial charge on any atom is -0.489 e. The Morgan fingerprint density at radius 3 is 2.94 bits per heavy atom. The molecule has 1 N–H and O–H groups in total. The van der Waals surface area contributed by atoms with E-state index in [9.17, 15) is 0 Å². The maximum absolute atomic E-state index is 5.64. The maximum atomic E-state index is 5.64. The van der Waals surface area contributed by atoms with Crippen LogP contribution in [0, 0.1) is 6.92 Å². The van der Waals surface area contributed by atoms with Crippen molar-refractivity contribution in [1.29, 1.82) is 0 Å². The summed E-state index contributed by atoms with van der Waals surface area (Å²) in [5, 5.41) is 3.30. The van der Waals surface area contributed by atoms with Crippen LogP contribution in [0.4, 0.5) is 0 Å². The molecule has 88 valence electrons. The van der Waals surface area contributed by atoms with Crippen molar-refractivity contribution in [1.82, 2.24) is 5.32 Å². The molecule has 2 heteroatoms. The van der Waals surface area contributed by atoms with Crippen molar-refractivity contribution in [2.24, 2.45) is 0 Å². The van der Waals surface area contributed by atoms with E-state index in [0.717, 1.165) is 30.8 Å². The summed E-state index contributed by atoms with van der Waals surface area (Å²) in [6.45, 7) is 10.6. The molecule has 1 aromatic carbocycles. The highest BCUT2D eigenvalue weighted by molar-refractivity contribution is 5.27. The molecular formula is C14H21NO. The summed E-state index contributed by atoms with van der Waals surface area (Å²) >= 11 is 0. The third-order valence-electron chi connectivity index (χ3n) is 2.23. The zero-order valence-corrected chi connectivity index (χ0v) is 10.3. The predicted octanol–water partition coefficient (Wildman–Crippen LogP) is 2.93. The summed E-state index contributed by atoms with van der Waals surface area (Å²) < 4.78 is 5.64. The maximum Gasteiger partial charge on any atom is 0.120 e. The summed E-state index contributed by atoms with van der Waals surface area (Å²) in [4.78, 5) is 0. The normalized spacial score (nSPS) is 10.1. The monoisotopic (exact) mass is 219 g/mol. The van der Waals surface area contributed by atoms with Crippen LogP contribution in [0.1, 0.15) is 18.9 Å². The summed E-state index contributed by atoms with van der Waals surface area (Å²) in [6.07, 6.45) is 1.14. The van der Waals surface area contributed by atoms with Gasteiger partial charge >= 0.3 is 0 Å². The highest BCUT2D eigenvalue weighted by Crippen LogP contribution is 2.12. The van der Waals surface area contributed by atoms with E-state index < -0.39 is 0 Å². The van der Waals surface area contributed by atoms with Crippen LogP contribution in [0.25, 0.3) is 0 Å². The second-order valence-corrected chi connectivity index (χ2v) is 4.03. The van der Waals surface area contributed by atoms with Crippen LogP contribution in [0.2, 0.25) is 0 Å². The van der Waals surface area contributed by atoms with Crippen molar-refractivity contribution in [3.05, 3.63) is 42.0 Å². The predicted molar refractivity (Wildman–Crippen MR) is 69.0 cm³/mol. The standard InChI is InChI=1S/C14H21NO/c1-4-8-15-10-13(3)11-16-14-7-5-6-12(2)9-14/h5-7,9,15H,3-4,8,10-11H2,1-2H3. The Balaban J connectivity index is 2.26. The van der Waals surface area contributed by atoms with E-state index in [-0.39, 0.29) is 0 Å². The van der Waals surface area contributed by atoms with Crippen molar-refractivity contribution in [2.45, 2.75) is 20.3 Å². The molecule has 0 fully saturated rings. The first-order valence-corrected chi connectivity index (χ1v) is 5.79. The van der Waals surface area contributed by atoms with Crippen molar-refractivity contribution in [3.8, 4) is 5.75 Å². The Kier molecular flexibility index (Phi) is 5.65. The number of hydrogen-bond acceptors (Lipinski definition) is 2. The van der Waals surface area contributed by atoms with Crippen LogP contribution < -0.4 is 10.1 Å². The molecule has 0 atom stereocenters. The Bertz CT molecular complexity index is 333. The highest BCUT2D eigenvalue weighted by Gasteiger charge is 1.97. The van der Waals surface area contributed by atoms with Gasteiger partial charge < -0.3 is 10.1 Å². The van der Waals surface area contributed by atoms with E-state index in [1.54, 1.807) is 0 Å². The van der Waals surface area contributed by atoms with Crippen molar-refractivity contribution in [3.63, 3.8) is 0 Å². The van der Waals surface area contributed by atoms with Gasteiger partial charge in [0.05, 0.1) is 0 Å². The van der Waals surface area contributed by atoms with E-state index in [0.29, 0.717) is 6.61 Å². The molecule has 0 radical (unpaired) electrons. The molecule has 0 amide bonds. The Morgan fingerprint density at radius 1 is 1.44 bits per heavy atom. The summed E-state index contributed by atoms with van der Waals surface area (Å²) in [6, 6.07) is 8.07. The van der Waals surface area contributed by atoms with E-state index in [1.165, 1.54) is 5.56 Å². The number of hydrogen-bond donors (Lipinski definition) is 1. The molecule has 0 saturated heterocycles. The molecule has 0 heterocycles. The summed E-state index contributed by atoms with van der Waals surface area (Å²) in [7, 11) is 0. The number of ether oxygens (including phenoxy) is 1. The minimum atomic E-state index is 0.583. The van der Waals surface area contributed by atoms with Gasteiger partial charge in [0.25, 0.3) is 0 Å². The molecule has 0 aromatic heterocycles. The minimum absolute atomic E-state index is 0.583. The Hall–Kier alpha value is -1.28. The first kappa shape index (κ1) is 12.8. The molecule has 1 aromatic rings. The van der Waals surface area contributed by atoms with Crippen molar-refractivity contribution >= 4 is 0 Å². The first-order valence-electron chi connectivity index (χ1n) is 5.79. The van der Waals surface area contributed by atoms with Gasteiger partial charge in [0, 0.05) is 6.54 Å². The lowest BCUT2D eigenvalue weighted by Gasteiger charge is -2.09. The quantitative estimate of drug-likeness (QED) is 0.562. The third kappa shape index (κ3) is 4.99. The van der Waals surface area contributed by atoms with E-state index in [4.69, 9.17) is 4.74 Å². The molecule has 0 aliphatic heterocycles. The zero-order valence-electron chi connectivity index (χ0n) is 10.3. The van der Waals surface area contributed by atoms with Gasteiger partial charge in [-0.05, 0) is 43.2 Å². The lowest BCUT2D eigenvalue weighted by Crippen LogP contribution is -2.20. The van der Waals surface area contributed by atoms with Crippen LogP contribution >= 0.6 is 0 Å². The average molecular weight is 219 g/mol. The second kappa shape index (κ2) is 7.07. The van der Waals surface area contributed by atoms with Crippen LogP contribution in [-0.4, -0.2) is 19.7 Å². The highest BCUT2D eigenvalue weighted by atomic mass is 16.5. The third-order valence-corrected chi connectivity index (χ3v) is 2.23. The van der Waals surface area contributed by atoms with Gasteiger partial charge in [0.15, 0.2) is 0 Å². The number of benzene rings is 1. The molecule has 0 saturated carbocycles. The number of rotatable bonds is 7. The van der Waals surface area contributed by atoms with Gasteiger partial charge in [-0.2, -0.15) is 0 Å². The largest absolute Gasteiger partial charge is 0.489 e. The van der Waals surface area contributed by atoms with Crippen LogP contribution in [0.5, 0.6) is 5.75 Å². The fraction of sp³-hybridized carbons (Fsp3) is 0.429. The van der Waals surface area contributed by atoms with Gasteiger partial charge in [-0.25, -0.2) is 0 Å². The summed E-state index contributed by atoms with van der Waals surface area (Å²) in [5.74, 6) is 0.914. The van der Waals surface area contributed by atoms with Gasteiger partial charge in [-0.1, -0.05) is 25.6 Å². The van der Waals surface area contributed by atoms with Gasteiger partial charge in [-0.15, -0.1) is 0 Å². The van der Waals surface area contributed by atoms with E-state index in [1.807, 2.05) is 18.2 Å². The lowest BCUT2D eigenvalue weighted by atomic mass is 10.2. The first-order chi connectivity index (χ1) is 7.72. The van der Waals surface area contributed by atoms with Crippen LogP contribution in [0.15, 0.2) is 36.4 Å². The number of aryl methyl sites for hydroxylation is 1. The van der Waals surface area contributed by atoms with Crippen LogP contribution in [-0.2, 0) is 0 Å². The molecular weight excluding hydrogens is 198 g/mol. The van der Waals surface area contributed by atoms with E-state index >= 15 is 0 Å². The van der Waals surface area contributed by atoms with Crippen molar-refractivity contribution < 1.29 is 4.74 Å². The molecule has 1 rings (SSSR count). The smallest absolute Gasteiger partial charge is 0.120 e. The molecule has 0 spiro atoms. The Labute approximate surface area is 98.3 Å². The Morgan fingerprint density at radius 2 is 2.25 bits per heavy atom.